The van der Waals surface area contributed by atoms with Crippen molar-refractivity contribution in [1.29, 1.82) is 0 Å². The Labute approximate surface area is 171 Å². The van der Waals surface area contributed by atoms with Gasteiger partial charge in [-0.15, -0.1) is 0 Å². The van der Waals surface area contributed by atoms with Gasteiger partial charge in [0.2, 0.25) is 5.76 Å². The van der Waals surface area contributed by atoms with Crippen molar-refractivity contribution in [3.8, 4) is 11.3 Å². The second kappa shape index (κ2) is 8.68. The van der Waals surface area contributed by atoms with Gasteiger partial charge in [-0.2, -0.15) is 0 Å². The van der Waals surface area contributed by atoms with Crippen LogP contribution in [0.15, 0.2) is 40.9 Å². The van der Waals surface area contributed by atoms with E-state index in [9.17, 15) is 9.59 Å². The van der Waals surface area contributed by atoms with Crippen molar-refractivity contribution in [2.24, 2.45) is 5.92 Å². The summed E-state index contributed by atoms with van der Waals surface area (Å²) in [5.41, 5.74) is 1.07. The highest BCUT2D eigenvalue weighted by atomic mass is 16.6. The summed E-state index contributed by atoms with van der Waals surface area (Å²) in [6, 6.07) is 11.3. The number of hydrogen-bond acceptors (Lipinski definition) is 5. The molecule has 29 heavy (non-hydrogen) atoms. The first-order chi connectivity index (χ1) is 13.7. The Morgan fingerprint density at radius 1 is 1.21 bits per heavy atom. The first-order valence-electron chi connectivity index (χ1n) is 9.98. The molecule has 7 heteroatoms. The van der Waals surface area contributed by atoms with Crippen LogP contribution in [0.2, 0.25) is 0 Å². The maximum absolute atomic E-state index is 12.7. The maximum Gasteiger partial charge on any atom is 0.410 e. The van der Waals surface area contributed by atoms with Gasteiger partial charge in [0, 0.05) is 38.3 Å². The number of amides is 2. The van der Waals surface area contributed by atoms with Crippen molar-refractivity contribution in [2.45, 2.75) is 39.2 Å². The lowest BCUT2D eigenvalue weighted by atomic mass is 9.96. The van der Waals surface area contributed by atoms with E-state index in [1.807, 2.05) is 51.1 Å². The van der Waals surface area contributed by atoms with Gasteiger partial charge in [0.15, 0.2) is 0 Å². The SMILES string of the molecule is CN(CC1CCN(C(=O)c2cc(-c3ccccc3)no2)CC1)C(=O)OC(C)(C)C. The predicted octanol–water partition coefficient (Wildman–Crippen LogP) is 4.06. The van der Waals surface area contributed by atoms with E-state index in [-0.39, 0.29) is 17.8 Å². The summed E-state index contributed by atoms with van der Waals surface area (Å²) in [5, 5.41) is 4.02. The fourth-order valence-corrected chi connectivity index (χ4v) is 3.40. The molecule has 1 aliphatic rings. The van der Waals surface area contributed by atoms with Gasteiger partial charge in [0.1, 0.15) is 11.3 Å². The van der Waals surface area contributed by atoms with Crippen LogP contribution in [0.1, 0.15) is 44.2 Å². The minimum atomic E-state index is -0.503. The van der Waals surface area contributed by atoms with Gasteiger partial charge in [-0.25, -0.2) is 4.79 Å². The molecule has 0 N–H and O–H groups in total. The fourth-order valence-electron chi connectivity index (χ4n) is 3.40. The Hall–Kier alpha value is -2.83. The second-order valence-corrected chi connectivity index (χ2v) is 8.54. The third-order valence-corrected chi connectivity index (χ3v) is 4.93. The molecule has 0 radical (unpaired) electrons. The van der Waals surface area contributed by atoms with E-state index in [0.29, 0.717) is 31.2 Å². The lowest BCUT2D eigenvalue weighted by Crippen LogP contribution is -2.43. The molecule has 156 valence electrons. The number of ether oxygens (including phenoxy) is 1. The number of rotatable bonds is 4. The Bertz CT molecular complexity index is 833. The minimum Gasteiger partial charge on any atom is -0.444 e. The first-order valence-corrected chi connectivity index (χ1v) is 9.98. The van der Waals surface area contributed by atoms with Gasteiger partial charge in [-0.05, 0) is 39.5 Å². The van der Waals surface area contributed by atoms with Crippen LogP contribution in [-0.4, -0.2) is 59.2 Å². The van der Waals surface area contributed by atoms with Gasteiger partial charge in [-0.1, -0.05) is 35.5 Å². The normalized spacial score (nSPS) is 15.2. The number of carbonyl (C=O) groups excluding carboxylic acids is 2. The quantitative estimate of drug-likeness (QED) is 0.775. The third-order valence-electron chi connectivity index (χ3n) is 4.93. The van der Waals surface area contributed by atoms with E-state index in [4.69, 9.17) is 9.26 Å². The molecule has 2 aromatic rings. The smallest absolute Gasteiger partial charge is 0.410 e. The number of aromatic nitrogens is 1. The van der Waals surface area contributed by atoms with Crippen LogP contribution in [0.3, 0.4) is 0 Å². The molecule has 1 saturated heterocycles. The zero-order valence-corrected chi connectivity index (χ0v) is 17.6. The van der Waals surface area contributed by atoms with Crippen LogP contribution in [-0.2, 0) is 4.74 Å². The van der Waals surface area contributed by atoms with Crippen molar-refractivity contribution in [1.82, 2.24) is 15.0 Å². The molecule has 0 aliphatic carbocycles. The average molecular weight is 399 g/mol. The summed E-state index contributed by atoms with van der Waals surface area (Å²) in [4.78, 5) is 28.3. The van der Waals surface area contributed by atoms with E-state index in [1.165, 1.54) is 0 Å². The summed E-state index contributed by atoms with van der Waals surface area (Å²) in [5.74, 6) is 0.456. The van der Waals surface area contributed by atoms with Crippen molar-refractivity contribution in [3.05, 3.63) is 42.2 Å². The molecule has 3 rings (SSSR count). The highest BCUT2D eigenvalue weighted by molar-refractivity contribution is 5.92. The largest absolute Gasteiger partial charge is 0.444 e. The molecule has 7 nitrogen and oxygen atoms in total. The van der Waals surface area contributed by atoms with Crippen LogP contribution >= 0.6 is 0 Å². The molecule has 1 fully saturated rings. The number of carbonyl (C=O) groups is 2. The Balaban J connectivity index is 1.51. The topological polar surface area (TPSA) is 75.9 Å². The highest BCUT2D eigenvalue weighted by Gasteiger charge is 2.28. The van der Waals surface area contributed by atoms with Crippen LogP contribution in [0, 0.1) is 5.92 Å². The predicted molar refractivity (Wildman–Crippen MR) is 109 cm³/mol. The Morgan fingerprint density at radius 3 is 2.48 bits per heavy atom. The zero-order chi connectivity index (χ0) is 21.0. The van der Waals surface area contributed by atoms with Crippen molar-refractivity contribution >= 4 is 12.0 Å². The molecule has 2 heterocycles. The third kappa shape index (κ3) is 5.59. The molecule has 0 spiro atoms. The summed E-state index contributed by atoms with van der Waals surface area (Å²) < 4.78 is 10.7. The monoisotopic (exact) mass is 399 g/mol. The summed E-state index contributed by atoms with van der Waals surface area (Å²) >= 11 is 0. The standard InChI is InChI=1S/C22H29N3O4/c1-22(2,3)28-21(27)24(4)15-16-10-12-25(13-11-16)20(26)19-14-18(23-29-19)17-8-6-5-7-9-17/h5-9,14,16H,10-13,15H2,1-4H3. The average Bonchev–Trinajstić information content (AvgIpc) is 3.17. The number of hydrogen-bond donors (Lipinski definition) is 0. The molecule has 1 aliphatic heterocycles. The molecular formula is C22H29N3O4. The molecular weight excluding hydrogens is 370 g/mol. The van der Waals surface area contributed by atoms with Gasteiger partial charge in [0.05, 0.1) is 0 Å². The molecule has 2 amide bonds. The van der Waals surface area contributed by atoms with Crippen LogP contribution in [0.25, 0.3) is 11.3 Å². The molecule has 0 saturated carbocycles. The van der Waals surface area contributed by atoms with E-state index in [2.05, 4.69) is 5.16 Å². The van der Waals surface area contributed by atoms with Crippen molar-refractivity contribution in [3.63, 3.8) is 0 Å². The number of likely N-dealkylation sites (tertiary alicyclic amines) is 1. The number of nitrogens with zero attached hydrogens (tertiary/aromatic N) is 3. The van der Waals surface area contributed by atoms with Gasteiger partial charge < -0.3 is 19.1 Å². The van der Waals surface area contributed by atoms with E-state index in [1.54, 1.807) is 22.9 Å². The lowest BCUT2D eigenvalue weighted by Gasteiger charge is -2.33. The van der Waals surface area contributed by atoms with Crippen molar-refractivity contribution in [2.75, 3.05) is 26.7 Å². The minimum absolute atomic E-state index is 0.140. The highest BCUT2D eigenvalue weighted by Crippen LogP contribution is 2.23. The Kier molecular flexibility index (Phi) is 6.25. The van der Waals surface area contributed by atoms with Gasteiger partial charge in [-0.3, -0.25) is 4.79 Å². The molecule has 1 aromatic carbocycles. The lowest BCUT2D eigenvalue weighted by molar-refractivity contribution is 0.0244. The number of piperidine rings is 1. The fraction of sp³-hybridized carbons (Fsp3) is 0.500. The van der Waals surface area contributed by atoms with E-state index < -0.39 is 5.60 Å². The maximum atomic E-state index is 12.7. The van der Waals surface area contributed by atoms with Crippen LogP contribution < -0.4 is 0 Å². The van der Waals surface area contributed by atoms with E-state index in [0.717, 1.165) is 18.4 Å². The second-order valence-electron chi connectivity index (χ2n) is 8.54. The molecule has 1 aromatic heterocycles. The van der Waals surface area contributed by atoms with E-state index >= 15 is 0 Å². The molecule has 0 bridgehead atoms. The molecule has 0 unspecified atom stereocenters. The zero-order valence-electron chi connectivity index (χ0n) is 17.6. The summed E-state index contributed by atoms with van der Waals surface area (Å²) in [7, 11) is 1.76. The van der Waals surface area contributed by atoms with Crippen LogP contribution in [0.4, 0.5) is 4.79 Å². The van der Waals surface area contributed by atoms with Crippen LogP contribution in [0.5, 0.6) is 0 Å². The van der Waals surface area contributed by atoms with Gasteiger partial charge >= 0.3 is 6.09 Å². The summed E-state index contributed by atoms with van der Waals surface area (Å²) in [6.07, 6.45) is 1.35. The van der Waals surface area contributed by atoms with Crippen molar-refractivity contribution < 1.29 is 18.8 Å². The molecule has 0 atom stereocenters. The van der Waals surface area contributed by atoms with Gasteiger partial charge in [0.25, 0.3) is 5.91 Å². The first kappa shape index (κ1) is 20.9. The Morgan fingerprint density at radius 2 is 1.86 bits per heavy atom. The number of benzene rings is 1. The summed E-state index contributed by atoms with van der Waals surface area (Å²) in [6.45, 7) is 7.46.